The quantitative estimate of drug-likeness (QED) is 0.557. The van der Waals surface area contributed by atoms with Crippen LogP contribution in [0, 0.1) is 0 Å². The highest BCUT2D eigenvalue weighted by Gasteiger charge is 2.22. The van der Waals surface area contributed by atoms with Crippen molar-refractivity contribution in [2.24, 2.45) is 0 Å². The largest absolute Gasteiger partial charge is 0.355 e. The molecule has 0 N–H and O–H groups in total. The molecule has 0 saturated carbocycles. The van der Waals surface area contributed by atoms with E-state index in [1.54, 1.807) is 0 Å². The average molecular weight is 232 g/mol. The van der Waals surface area contributed by atoms with Crippen LogP contribution >= 0.6 is 0 Å². The Morgan fingerprint density at radius 3 is 1.62 bits per heavy atom. The van der Waals surface area contributed by atoms with Crippen molar-refractivity contribution in [1.82, 2.24) is 8.77 Å². The fourth-order valence-corrected chi connectivity index (χ4v) is 1.33. The van der Waals surface area contributed by atoms with Crippen LogP contribution in [0.3, 0.4) is 0 Å². The van der Waals surface area contributed by atoms with E-state index in [2.05, 4.69) is 4.28 Å². The molecule has 0 unspecified atom stereocenters. The maximum atomic E-state index is 11.0. The normalized spacial score (nSPS) is 14.0. The molecule has 9 heteroatoms. The number of hydrogen-bond donors (Lipinski definition) is 0. The first-order valence-electron chi connectivity index (χ1n) is 3.13. The zero-order valence-corrected chi connectivity index (χ0v) is 9.39. The minimum atomic E-state index is -4.00. The molecule has 80 valence electrons. The Kier molecular flexibility index (Phi) is 3.82. The first-order valence-corrected chi connectivity index (χ1v) is 6.34. The minimum absolute atomic E-state index is 0.280. The zero-order valence-electron chi connectivity index (χ0n) is 7.75. The second-order valence-corrected chi connectivity index (χ2v) is 6.20. The van der Waals surface area contributed by atoms with Crippen LogP contribution in [0.5, 0.6) is 0 Å². The molecule has 0 aliphatic heterocycles. The molecule has 7 nitrogen and oxygen atoms in total. The highest BCUT2D eigenvalue weighted by atomic mass is 32.2. The lowest BCUT2D eigenvalue weighted by Gasteiger charge is -2.16. The summed E-state index contributed by atoms with van der Waals surface area (Å²) in [4.78, 5) is 0. The molecule has 0 rings (SSSR count). The van der Waals surface area contributed by atoms with E-state index in [-0.39, 0.29) is 4.47 Å². The van der Waals surface area contributed by atoms with Gasteiger partial charge in [-0.1, -0.05) is 4.47 Å². The Morgan fingerprint density at radius 2 is 1.38 bits per heavy atom. The molecule has 0 aromatic heterocycles. The van der Waals surface area contributed by atoms with Gasteiger partial charge in [0.25, 0.3) is 0 Å². The van der Waals surface area contributed by atoms with E-state index in [1.807, 2.05) is 0 Å². The van der Waals surface area contributed by atoms with Crippen molar-refractivity contribution >= 4 is 20.3 Å². The molecule has 0 radical (unpaired) electrons. The summed E-state index contributed by atoms with van der Waals surface area (Å²) in [7, 11) is -4.21. The van der Waals surface area contributed by atoms with Crippen LogP contribution in [-0.4, -0.2) is 53.0 Å². The lowest BCUT2D eigenvalue weighted by atomic mass is 11.3. The monoisotopic (exact) mass is 232 g/mol. The van der Waals surface area contributed by atoms with Gasteiger partial charge in [0.2, 0.25) is 10.0 Å². The Hall–Kier alpha value is -0.220. The van der Waals surface area contributed by atoms with E-state index >= 15 is 0 Å². The first-order chi connectivity index (χ1) is 5.57. The summed E-state index contributed by atoms with van der Waals surface area (Å²) in [5.74, 6) is 0. The Morgan fingerprint density at radius 1 is 1.00 bits per heavy atom. The molecule has 0 bridgehead atoms. The van der Waals surface area contributed by atoms with Crippen LogP contribution in [0.1, 0.15) is 0 Å². The number of sulfonamides is 1. The third kappa shape index (κ3) is 4.00. The second-order valence-electron chi connectivity index (χ2n) is 2.49. The highest BCUT2D eigenvalue weighted by molar-refractivity contribution is 7.89. The predicted octanol–water partition coefficient (Wildman–Crippen LogP) is -1.38. The molecule has 0 aliphatic rings. The summed E-state index contributed by atoms with van der Waals surface area (Å²) in [5.41, 5.74) is 0. The summed E-state index contributed by atoms with van der Waals surface area (Å²) < 4.78 is 48.7. The van der Waals surface area contributed by atoms with Gasteiger partial charge >= 0.3 is 10.3 Å². The molecule has 0 atom stereocenters. The fraction of sp³-hybridized carbons (Fsp3) is 1.00. The molecule has 0 amide bonds. The molecule has 0 aromatic rings. The van der Waals surface area contributed by atoms with Crippen LogP contribution in [0.15, 0.2) is 0 Å². The third-order valence-corrected chi connectivity index (χ3v) is 3.52. The Bertz CT molecular complexity index is 356. The van der Waals surface area contributed by atoms with Crippen molar-refractivity contribution < 1.29 is 21.1 Å². The highest BCUT2D eigenvalue weighted by Crippen LogP contribution is 2.03. The van der Waals surface area contributed by atoms with Crippen molar-refractivity contribution in [1.29, 1.82) is 0 Å². The van der Waals surface area contributed by atoms with E-state index in [4.69, 9.17) is 0 Å². The molecule has 0 heterocycles. The van der Waals surface area contributed by atoms with Crippen LogP contribution in [0.4, 0.5) is 0 Å². The van der Waals surface area contributed by atoms with Gasteiger partial charge in [-0.05, 0) is 0 Å². The lowest BCUT2D eigenvalue weighted by Crippen LogP contribution is -2.34. The number of hydroxylamine groups is 1. The summed E-state index contributed by atoms with van der Waals surface area (Å²) in [6.45, 7) is 0. The molecule has 0 aromatic carbocycles. The van der Waals surface area contributed by atoms with Crippen LogP contribution < -0.4 is 0 Å². The Balaban J connectivity index is 4.68. The van der Waals surface area contributed by atoms with Crippen LogP contribution in [0.2, 0.25) is 0 Å². The molecular formula is C4H12N2O5S2. The SMILES string of the molecule is CN(OS(=O)(=O)N(C)C)S(C)(=O)=O. The molecular weight excluding hydrogens is 220 g/mol. The fourth-order valence-electron chi connectivity index (χ4n) is 0.255. The molecule has 0 saturated heterocycles. The minimum Gasteiger partial charge on any atom is -0.210 e. The third-order valence-electron chi connectivity index (χ3n) is 1.11. The first kappa shape index (κ1) is 12.8. The smallest absolute Gasteiger partial charge is 0.210 e. The van der Waals surface area contributed by atoms with Gasteiger partial charge in [0.1, 0.15) is 0 Å². The van der Waals surface area contributed by atoms with E-state index in [1.165, 1.54) is 14.1 Å². The maximum Gasteiger partial charge on any atom is 0.355 e. The molecule has 0 aliphatic carbocycles. The van der Waals surface area contributed by atoms with Crippen molar-refractivity contribution in [2.75, 3.05) is 27.4 Å². The summed E-state index contributed by atoms with van der Waals surface area (Å²) in [6.07, 6.45) is 0.832. The van der Waals surface area contributed by atoms with Crippen molar-refractivity contribution in [2.45, 2.75) is 0 Å². The van der Waals surface area contributed by atoms with Gasteiger partial charge in [0, 0.05) is 21.1 Å². The van der Waals surface area contributed by atoms with Crippen molar-refractivity contribution in [3.05, 3.63) is 0 Å². The van der Waals surface area contributed by atoms with E-state index in [0.717, 1.165) is 17.6 Å². The van der Waals surface area contributed by atoms with Gasteiger partial charge in [-0.2, -0.15) is 12.7 Å². The Labute approximate surface area is 78.2 Å². The van der Waals surface area contributed by atoms with Crippen molar-refractivity contribution in [3.63, 3.8) is 0 Å². The second kappa shape index (κ2) is 3.88. The zero-order chi connectivity index (χ0) is 10.9. The lowest BCUT2D eigenvalue weighted by molar-refractivity contribution is 0.0647. The molecule has 0 spiro atoms. The molecule has 0 fully saturated rings. The summed E-state index contributed by atoms with van der Waals surface area (Å²) in [5, 5.41) is 0. The van der Waals surface area contributed by atoms with Gasteiger partial charge in [-0.3, -0.25) is 0 Å². The van der Waals surface area contributed by atoms with Crippen molar-refractivity contribution in [3.8, 4) is 0 Å². The van der Waals surface area contributed by atoms with Gasteiger partial charge in [0.15, 0.2) is 0 Å². The van der Waals surface area contributed by atoms with Crippen LogP contribution in [-0.2, 0) is 24.6 Å². The predicted molar refractivity (Wildman–Crippen MR) is 46.3 cm³/mol. The van der Waals surface area contributed by atoms with Gasteiger partial charge in [-0.15, -0.1) is 4.28 Å². The maximum absolute atomic E-state index is 11.0. The summed E-state index contributed by atoms with van der Waals surface area (Å²) >= 11 is 0. The van der Waals surface area contributed by atoms with Gasteiger partial charge in [-0.25, -0.2) is 8.42 Å². The van der Waals surface area contributed by atoms with E-state index in [0.29, 0.717) is 0 Å². The number of rotatable bonds is 4. The van der Waals surface area contributed by atoms with Gasteiger partial charge < -0.3 is 0 Å². The van der Waals surface area contributed by atoms with Crippen LogP contribution in [0.25, 0.3) is 0 Å². The van der Waals surface area contributed by atoms with E-state index < -0.39 is 20.3 Å². The standard InChI is InChI=1S/C4H12N2O5S2/c1-5(2)13(9,10)11-6(3)12(4,7)8/h1-4H3. The topological polar surface area (TPSA) is 84.0 Å². The average Bonchev–Trinajstić information content (AvgIpc) is 1.83. The number of nitrogens with zero attached hydrogens (tertiary/aromatic N) is 2. The van der Waals surface area contributed by atoms with Gasteiger partial charge in [0.05, 0.1) is 6.26 Å². The number of hydrogen-bond acceptors (Lipinski definition) is 5. The van der Waals surface area contributed by atoms with E-state index in [9.17, 15) is 16.8 Å². The summed E-state index contributed by atoms with van der Waals surface area (Å²) in [6, 6.07) is 0. The molecule has 13 heavy (non-hydrogen) atoms.